The second kappa shape index (κ2) is 13.6. The lowest BCUT2D eigenvalue weighted by atomic mass is 9.92. The minimum Gasteiger partial charge on any atom is -0.456 e. The lowest BCUT2D eigenvalue weighted by Crippen LogP contribution is -2.34. The van der Waals surface area contributed by atoms with Crippen LogP contribution in [0.15, 0.2) is 91.3 Å². The van der Waals surface area contributed by atoms with Crippen LogP contribution in [0.3, 0.4) is 0 Å². The summed E-state index contributed by atoms with van der Waals surface area (Å²) in [4.78, 5) is 30.1. The summed E-state index contributed by atoms with van der Waals surface area (Å²) in [5.41, 5.74) is 2.37. The summed E-state index contributed by atoms with van der Waals surface area (Å²) in [7, 11) is 0. The number of urea groups is 1. The maximum Gasteiger partial charge on any atom is 0.324 e. The Balaban J connectivity index is 1.42. The number of hydrogen-bond acceptors (Lipinski definition) is 7. The number of carbonyl (C=O) groups is 2. The lowest BCUT2D eigenvalue weighted by molar-refractivity contribution is -0.121. The summed E-state index contributed by atoms with van der Waals surface area (Å²) in [5, 5.41) is 33.8. The molecule has 0 saturated carbocycles. The normalized spacial score (nSPS) is 12.0. The van der Waals surface area contributed by atoms with Crippen LogP contribution in [0.1, 0.15) is 32.0 Å². The zero-order valence-corrected chi connectivity index (χ0v) is 25.3. The molecule has 0 aliphatic heterocycles. The van der Waals surface area contributed by atoms with Gasteiger partial charge in [0.2, 0.25) is 5.91 Å². The number of fused-ring (bicyclic) bond motifs is 1. The van der Waals surface area contributed by atoms with Gasteiger partial charge in [0.15, 0.2) is 0 Å². The number of aliphatic hydroxyl groups is 2. The summed E-state index contributed by atoms with van der Waals surface area (Å²) in [5.74, 6) is 1.26. The SMILES string of the molecule is CC(C)(C)c1cc(NC(=O)Nc2cccc(Oc3cccnc3)c2)n(-c2cc(CC(=O)NCC(O)CO)c3ccccc3c2)n1. The highest BCUT2D eigenvalue weighted by Crippen LogP contribution is 2.30. The maximum absolute atomic E-state index is 13.3. The second-order valence-corrected chi connectivity index (χ2v) is 11.6. The Morgan fingerprint density at radius 3 is 2.51 bits per heavy atom. The molecular formula is C34H36N6O5. The number of pyridine rings is 1. The first-order valence-electron chi connectivity index (χ1n) is 14.5. The number of hydrogen-bond donors (Lipinski definition) is 5. The first-order valence-corrected chi connectivity index (χ1v) is 14.5. The van der Waals surface area contributed by atoms with Gasteiger partial charge in [0, 0.05) is 36.0 Å². The molecule has 0 bridgehead atoms. The summed E-state index contributed by atoms with van der Waals surface area (Å²) in [6.45, 7) is 5.61. The van der Waals surface area contributed by atoms with Crippen molar-refractivity contribution >= 4 is 34.2 Å². The Morgan fingerprint density at radius 2 is 1.76 bits per heavy atom. The van der Waals surface area contributed by atoms with Gasteiger partial charge in [-0.1, -0.05) is 51.1 Å². The van der Waals surface area contributed by atoms with Crippen molar-refractivity contribution < 1.29 is 24.5 Å². The third-order valence-electron chi connectivity index (χ3n) is 6.95. The van der Waals surface area contributed by atoms with Gasteiger partial charge in [-0.15, -0.1) is 0 Å². The van der Waals surface area contributed by atoms with E-state index < -0.39 is 18.7 Å². The highest BCUT2D eigenvalue weighted by atomic mass is 16.5. The minimum absolute atomic E-state index is 0.0423. The average Bonchev–Trinajstić information content (AvgIpc) is 3.45. The Labute approximate surface area is 260 Å². The fourth-order valence-corrected chi connectivity index (χ4v) is 4.67. The third kappa shape index (κ3) is 8.02. The number of carbonyl (C=O) groups excluding carboxylic acids is 2. The smallest absolute Gasteiger partial charge is 0.324 e. The van der Waals surface area contributed by atoms with Gasteiger partial charge in [-0.3, -0.25) is 15.1 Å². The quantitative estimate of drug-likeness (QED) is 0.147. The van der Waals surface area contributed by atoms with E-state index in [1.807, 2.05) is 63.2 Å². The largest absolute Gasteiger partial charge is 0.456 e. The topological polar surface area (TPSA) is 151 Å². The number of nitrogens with one attached hydrogen (secondary N) is 3. The molecule has 11 heteroatoms. The number of rotatable bonds is 10. The van der Waals surface area contributed by atoms with E-state index in [1.54, 1.807) is 53.5 Å². The van der Waals surface area contributed by atoms with E-state index in [9.17, 15) is 14.7 Å². The zero-order chi connectivity index (χ0) is 32.0. The number of benzene rings is 3. The van der Waals surface area contributed by atoms with Gasteiger partial charge in [-0.2, -0.15) is 5.10 Å². The molecule has 232 valence electrons. The number of ether oxygens (including phenoxy) is 1. The van der Waals surface area contributed by atoms with Crippen molar-refractivity contribution in [2.75, 3.05) is 23.8 Å². The Morgan fingerprint density at radius 1 is 0.956 bits per heavy atom. The van der Waals surface area contributed by atoms with Crippen LogP contribution in [0.25, 0.3) is 16.5 Å². The molecule has 1 unspecified atom stereocenters. The fraction of sp³-hybridized carbons (Fsp3) is 0.235. The Hall–Kier alpha value is -5.26. The monoisotopic (exact) mass is 608 g/mol. The number of anilines is 2. The zero-order valence-electron chi connectivity index (χ0n) is 25.3. The molecule has 0 saturated heterocycles. The van der Waals surface area contributed by atoms with E-state index in [4.69, 9.17) is 14.9 Å². The number of aromatic nitrogens is 3. The highest BCUT2D eigenvalue weighted by molar-refractivity contribution is 5.99. The van der Waals surface area contributed by atoms with E-state index in [0.717, 1.165) is 22.0 Å². The molecule has 0 aliphatic rings. The van der Waals surface area contributed by atoms with Crippen molar-refractivity contribution in [3.63, 3.8) is 0 Å². The van der Waals surface area contributed by atoms with Crippen LogP contribution in [-0.4, -0.2) is 56.2 Å². The molecule has 5 N–H and O–H groups in total. The van der Waals surface area contributed by atoms with E-state index in [0.29, 0.717) is 28.7 Å². The van der Waals surface area contributed by atoms with Gasteiger partial charge < -0.3 is 25.6 Å². The molecule has 2 heterocycles. The van der Waals surface area contributed by atoms with Crippen molar-refractivity contribution in [3.8, 4) is 17.2 Å². The second-order valence-electron chi connectivity index (χ2n) is 11.6. The fourth-order valence-electron chi connectivity index (χ4n) is 4.67. The molecule has 11 nitrogen and oxygen atoms in total. The van der Waals surface area contributed by atoms with E-state index >= 15 is 0 Å². The van der Waals surface area contributed by atoms with Crippen molar-refractivity contribution in [1.82, 2.24) is 20.1 Å². The number of aliphatic hydroxyl groups excluding tert-OH is 2. The highest BCUT2D eigenvalue weighted by Gasteiger charge is 2.22. The molecule has 0 radical (unpaired) electrons. The van der Waals surface area contributed by atoms with Crippen LogP contribution < -0.4 is 20.7 Å². The third-order valence-corrected chi connectivity index (χ3v) is 6.95. The molecule has 5 rings (SSSR count). The molecule has 2 aromatic heterocycles. The number of amides is 3. The first kappa shape index (κ1) is 31.2. The molecule has 0 aliphatic carbocycles. The van der Waals surface area contributed by atoms with Crippen LogP contribution in [0.4, 0.5) is 16.3 Å². The Kier molecular flexibility index (Phi) is 9.41. The molecule has 3 amide bonds. The molecule has 1 atom stereocenters. The van der Waals surface area contributed by atoms with Gasteiger partial charge >= 0.3 is 6.03 Å². The van der Waals surface area contributed by atoms with Gasteiger partial charge in [-0.05, 0) is 52.7 Å². The number of nitrogens with zero attached hydrogens (tertiary/aromatic N) is 3. The summed E-state index contributed by atoms with van der Waals surface area (Å²) in [6, 6.07) is 23.5. The predicted molar refractivity (Wildman–Crippen MR) is 173 cm³/mol. The van der Waals surface area contributed by atoms with Crippen molar-refractivity contribution in [2.24, 2.45) is 0 Å². The van der Waals surface area contributed by atoms with Gasteiger partial charge in [0.25, 0.3) is 0 Å². The molecule has 3 aromatic carbocycles. The van der Waals surface area contributed by atoms with Crippen LogP contribution in [0.5, 0.6) is 11.5 Å². The van der Waals surface area contributed by atoms with Crippen molar-refractivity contribution in [1.29, 1.82) is 0 Å². The van der Waals surface area contributed by atoms with E-state index in [2.05, 4.69) is 20.9 Å². The van der Waals surface area contributed by atoms with E-state index in [1.165, 1.54) is 0 Å². The van der Waals surface area contributed by atoms with E-state index in [-0.39, 0.29) is 24.3 Å². The van der Waals surface area contributed by atoms with Crippen molar-refractivity contribution in [3.05, 3.63) is 103 Å². The average molecular weight is 609 g/mol. The van der Waals surface area contributed by atoms with Crippen LogP contribution in [0, 0.1) is 0 Å². The predicted octanol–water partition coefficient (Wildman–Crippen LogP) is 5.17. The molecule has 45 heavy (non-hydrogen) atoms. The van der Waals surface area contributed by atoms with Gasteiger partial charge in [0.1, 0.15) is 17.3 Å². The lowest BCUT2D eigenvalue weighted by Gasteiger charge is -2.15. The molecule has 0 spiro atoms. The minimum atomic E-state index is -1.03. The van der Waals surface area contributed by atoms with Crippen LogP contribution in [-0.2, 0) is 16.6 Å². The summed E-state index contributed by atoms with van der Waals surface area (Å²) < 4.78 is 7.50. The maximum atomic E-state index is 13.3. The van der Waals surface area contributed by atoms with Crippen LogP contribution >= 0.6 is 0 Å². The standard InChI is InChI=1S/C34H36N6O5/c1-34(2,3)30-18-31(38-33(44)37-24-9-6-10-27(17-24)45-28-11-7-13-35-20-28)40(39-30)25-14-22-8-4-5-12-29(22)23(15-25)16-32(43)36-19-26(42)21-41/h4-15,17-18,20,26,41-42H,16,19,21H2,1-3H3,(H,36,43)(H2,37,38,44). The molecule has 0 fully saturated rings. The first-order chi connectivity index (χ1) is 21.6. The summed E-state index contributed by atoms with van der Waals surface area (Å²) in [6.07, 6.45) is 2.27. The van der Waals surface area contributed by atoms with Crippen molar-refractivity contribution in [2.45, 2.75) is 38.7 Å². The van der Waals surface area contributed by atoms with Crippen LogP contribution in [0.2, 0.25) is 0 Å². The molecular weight excluding hydrogens is 572 g/mol. The van der Waals surface area contributed by atoms with Gasteiger partial charge in [0.05, 0.1) is 36.7 Å². The Bertz CT molecular complexity index is 1800. The molecule has 5 aromatic rings. The van der Waals surface area contributed by atoms with Gasteiger partial charge in [-0.25, -0.2) is 9.48 Å². The summed E-state index contributed by atoms with van der Waals surface area (Å²) >= 11 is 0.